The van der Waals surface area contributed by atoms with E-state index < -0.39 is 0 Å². The number of nitrogens with one attached hydrogen (secondary N) is 1. The first-order valence-corrected chi connectivity index (χ1v) is 6.43. The Labute approximate surface area is 99.5 Å². The molecule has 0 spiro atoms. The van der Waals surface area contributed by atoms with E-state index in [1.165, 1.54) is 0 Å². The van der Waals surface area contributed by atoms with Crippen molar-refractivity contribution in [3.8, 4) is 0 Å². The van der Waals surface area contributed by atoms with Crippen molar-refractivity contribution in [2.24, 2.45) is 0 Å². The van der Waals surface area contributed by atoms with E-state index in [9.17, 15) is 0 Å². The van der Waals surface area contributed by atoms with Crippen molar-refractivity contribution in [1.82, 2.24) is 10.3 Å². The summed E-state index contributed by atoms with van der Waals surface area (Å²) in [7, 11) is 0. The van der Waals surface area contributed by atoms with Gasteiger partial charge in [0.25, 0.3) is 0 Å². The van der Waals surface area contributed by atoms with E-state index in [0.29, 0.717) is 0 Å². The number of aromatic nitrogens is 1. The maximum absolute atomic E-state index is 5.46. The van der Waals surface area contributed by atoms with Gasteiger partial charge in [-0.05, 0) is 25.1 Å². The lowest BCUT2D eigenvalue weighted by atomic mass is 10.1. The lowest BCUT2D eigenvalue weighted by Crippen LogP contribution is -2.23. The number of rotatable bonds is 6. The van der Waals surface area contributed by atoms with Crippen LogP contribution in [0.2, 0.25) is 0 Å². The van der Waals surface area contributed by atoms with Crippen LogP contribution < -0.4 is 5.32 Å². The SMILES string of the molecule is CCCNC(Cc1nccs1)c1ccco1. The molecular weight excluding hydrogens is 220 g/mol. The Morgan fingerprint density at radius 3 is 3.12 bits per heavy atom. The van der Waals surface area contributed by atoms with Gasteiger partial charge in [0.1, 0.15) is 5.76 Å². The molecule has 0 amide bonds. The summed E-state index contributed by atoms with van der Waals surface area (Å²) in [5.41, 5.74) is 0. The molecule has 0 aliphatic carbocycles. The molecule has 1 N–H and O–H groups in total. The second kappa shape index (κ2) is 5.82. The Morgan fingerprint density at radius 2 is 2.50 bits per heavy atom. The zero-order valence-electron chi connectivity index (χ0n) is 9.35. The van der Waals surface area contributed by atoms with Gasteiger partial charge < -0.3 is 9.73 Å². The predicted octanol–water partition coefficient (Wildman–Crippen LogP) is 3.02. The van der Waals surface area contributed by atoms with Gasteiger partial charge in [0, 0.05) is 18.0 Å². The van der Waals surface area contributed by atoms with Crippen molar-refractivity contribution in [3.05, 3.63) is 40.7 Å². The molecule has 0 saturated carbocycles. The van der Waals surface area contributed by atoms with Crippen LogP contribution in [0, 0.1) is 0 Å². The Hall–Kier alpha value is -1.13. The molecule has 0 bridgehead atoms. The summed E-state index contributed by atoms with van der Waals surface area (Å²) < 4.78 is 5.46. The Kier molecular flexibility index (Phi) is 4.13. The molecule has 86 valence electrons. The number of thiazole rings is 1. The van der Waals surface area contributed by atoms with Crippen LogP contribution in [0.15, 0.2) is 34.4 Å². The van der Waals surface area contributed by atoms with Gasteiger partial charge in [-0.15, -0.1) is 11.3 Å². The predicted molar refractivity (Wildman–Crippen MR) is 65.6 cm³/mol. The highest BCUT2D eigenvalue weighted by Crippen LogP contribution is 2.20. The minimum absolute atomic E-state index is 0.237. The number of furan rings is 1. The van der Waals surface area contributed by atoms with E-state index in [4.69, 9.17) is 4.42 Å². The average molecular weight is 236 g/mol. The van der Waals surface area contributed by atoms with E-state index >= 15 is 0 Å². The molecular formula is C12H16N2OS. The van der Waals surface area contributed by atoms with Gasteiger partial charge in [0.2, 0.25) is 0 Å². The van der Waals surface area contributed by atoms with Crippen LogP contribution in [0.4, 0.5) is 0 Å². The smallest absolute Gasteiger partial charge is 0.121 e. The molecule has 2 heterocycles. The largest absolute Gasteiger partial charge is 0.468 e. The van der Waals surface area contributed by atoms with E-state index in [1.807, 2.05) is 23.7 Å². The van der Waals surface area contributed by atoms with Crippen molar-refractivity contribution in [3.63, 3.8) is 0 Å². The van der Waals surface area contributed by atoms with E-state index in [2.05, 4.69) is 17.2 Å². The molecule has 0 aliphatic heterocycles. The van der Waals surface area contributed by atoms with Crippen LogP contribution in [0.3, 0.4) is 0 Å². The first kappa shape index (κ1) is 11.4. The summed E-state index contributed by atoms with van der Waals surface area (Å²) >= 11 is 1.69. The van der Waals surface area contributed by atoms with Crippen LogP contribution in [-0.2, 0) is 6.42 Å². The van der Waals surface area contributed by atoms with Crippen molar-refractivity contribution in [2.45, 2.75) is 25.8 Å². The number of hydrogen-bond acceptors (Lipinski definition) is 4. The summed E-state index contributed by atoms with van der Waals surface area (Å²) in [4.78, 5) is 4.31. The van der Waals surface area contributed by atoms with Gasteiger partial charge in [0.15, 0.2) is 0 Å². The number of hydrogen-bond donors (Lipinski definition) is 1. The second-order valence-electron chi connectivity index (χ2n) is 3.65. The van der Waals surface area contributed by atoms with Gasteiger partial charge in [-0.25, -0.2) is 4.98 Å². The molecule has 2 aromatic heterocycles. The maximum atomic E-state index is 5.46. The van der Waals surface area contributed by atoms with Crippen LogP contribution in [0.25, 0.3) is 0 Å². The lowest BCUT2D eigenvalue weighted by Gasteiger charge is -2.14. The highest BCUT2D eigenvalue weighted by molar-refractivity contribution is 7.09. The maximum Gasteiger partial charge on any atom is 0.121 e. The molecule has 1 unspecified atom stereocenters. The van der Waals surface area contributed by atoms with Gasteiger partial charge in [-0.3, -0.25) is 0 Å². The third-order valence-corrected chi connectivity index (χ3v) is 3.19. The summed E-state index contributed by atoms with van der Waals surface area (Å²) in [6, 6.07) is 4.18. The normalized spacial score (nSPS) is 12.8. The second-order valence-corrected chi connectivity index (χ2v) is 4.63. The van der Waals surface area contributed by atoms with Crippen molar-refractivity contribution >= 4 is 11.3 Å². The molecule has 0 aliphatic rings. The van der Waals surface area contributed by atoms with Crippen molar-refractivity contribution < 1.29 is 4.42 Å². The molecule has 2 rings (SSSR count). The fourth-order valence-electron chi connectivity index (χ4n) is 1.61. The van der Waals surface area contributed by atoms with Crippen molar-refractivity contribution in [1.29, 1.82) is 0 Å². The lowest BCUT2D eigenvalue weighted by molar-refractivity contribution is 0.410. The Bertz CT molecular complexity index is 383. The Morgan fingerprint density at radius 1 is 1.56 bits per heavy atom. The molecule has 0 aromatic carbocycles. The van der Waals surface area contributed by atoms with Crippen LogP contribution >= 0.6 is 11.3 Å². The molecule has 0 radical (unpaired) electrons. The zero-order chi connectivity index (χ0) is 11.2. The summed E-state index contributed by atoms with van der Waals surface area (Å²) in [6.45, 7) is 3.16. The van der Waals surface area contributed by atoms with Gasteiger partial charge in [0.05, 0.1) is 17.3 Å². The van der Waals surface area contributed by atoms with E-state index in [-0.39, 0.29) is 6.04 Å². The zero-order valence-corrected chi connectivity index (χ0v) is 10.2. The quantitative estimate of drug-likeness (QED) is 0.837. The summed E-state index contributed by atoms with van der Waals surface area (Å²) in [6.07, 6.45) is 5.58. The van der Waals surface area contributed by atoms with Crippen LogP contribution in [0.5, 0.6) is 0 Å². The first-order valence-electron chi connectivity index (χ1n) is 5.55. The average Bonchev–Trinajstić information content (AvgIpc) is 2.96. The summed E-state index contributed by atoms with van der Waals surface area (Å²) in [5.74, 6) is 0.989. The first-order chi connectivity index (χ1) is 7.90. The van der Waals surface area contributed by atoms with E-state index in [1.54, 1.807) is 17.6 Å². The highest BCUT2D eigenvalue weighted by atomic mass is 32.1. The fourth-order valence-corrected chi connectivity index (χ4v) is 2.27. The summed E-state index contributed by atoms with van der Waals surface area (Å²) in [5, 5.41) is 6.63. The molecule has 4 heteroatoms. The Balaban J connectivity index is 2.03. The van der Waals surface area contributed by atoms with E-state index in [0.717, 1.165) is 30.2 Å². The van der Waals surface area contributed by atoms with Gasteiger partial charge in [-0.1, -0.05) is 6.92 Å². The molecule has 1 atom stereocenters. The minimum Gasteiger partial charge on any atom is -0.468 e. The van der Waals surface area contributed by atoms with Gasteiger partial charge in [-0.2, -0.15) is 0 Å². The molecule has 0 fully saturated rings. The monoisotopic (exact) mass is 236 g/mol. The molecule has 16 heavy (non-hydrogen) atoms. The van der Waals surface area contributed by atoms with Crippen LogP contribution in [0.1, 0.15) is 30.2 Å². The van der Waals surface area contributed by atoms with Gasteiger partial charge >= 0.3 is 0 Å². The standard InChI is InChI=1S/C12H16N2OS/c1-2-5-13-10(11-4-3-7-15-11)9-12-14-6-8-16-12/h3-4,6-8,10,13H,2,5,9H2,1H3. The molecule has 3 nitrogen and oxygen atoms in total. The third kappa shape index (κ3) is 2.93. The highest BCUT2D eigenvalue weighted by Gasteiger charge is 2.15. The fraction of sp³-hybridized carbons (Fsp3) is 0.417. The topological polar surface area (TPSA) is 38.1 Å². The third-order valence-electron chi connectivity index (χ3n) is 2.39. The minimum atomic E-state index is 0.237. The molecule has 0 saturated heterocycles. The van der Waals surface area contributed by atoms with Crippen LogP contribution in [-0.4, -0.2) is 11.5 Å². The molecule has 2 aromatic rings. The number of nitrogens with zero attached hydrogens (tertiary/aromatic N) is 1. The van der Waals surface area contributed by atoms with Crippen molar-refractivity contribution in [2.75, 3.05) is 6.54 Å².